The van der Waals surface area contributed by atoms with E-state index in [1.807, 2.05) is 16.7 Å². The molecular weight excluding hydrogens is 468 g/mol. The van der Waals surface area contributed by atoms with Crippen molar-refractivity contribution in [1.29, 1.82) is 0 Å². The highest BCUT2D eigenvalue weighted by Crippen LogP contribution is 2.50. The summed E-state index contributed by atoms with van der Waals surface area (Å²) < 4.78 is 0. The van der Waals surface area contributed by atoms with Crippen LogP contribution in [0.5, 0.6) is 0 Å². The summed E-state index contributed by atoms with van der Waals surface area (Å²) in [6, 6.07) is 10.7. The minimum atomic E-state index is -0.884. The molecule has 37 heavy (non-hydrogen) atoms. The van der Waals surface area contributed by atoms with Crippen LogP contribution in [0, 0.1) is 0 Å². The normalized spacial score (nSPS) is 34.1. The van der Waals surface area contributed by atoms with Crippen LogP contribution in [0.15, 0.2) is 30.3 Å². The van der Waals surface area contributed by atoms with E-state index < -0.39 is 17.6 Å². The molecule has 206 valence electrons. The van der Waals surface area contributed by atoms with Gasteiger partial charge in [0.05, 0.1) is 17.7 Å². The number of aliphatic hydroxyl groups excluding tert-OH is 1. The fraction of sp³-hybridized carbons (Fsp3) is 0.759. The van der Waals surface area contributed by atoms with Gasteiger partial charge in [-0.25, -0.2) is 0 Å². The number of piperidine rings is 1. The summed E-state index contributed by atoms with van der Waals surface area (Å²) in [6.07, 6.45) is 6.53. The number of rotatable bonds is 6. The van der Waals surface area contributed by atoms with Crippen LogP contribution in [0.1, 0.15) is 70.3 Å². The highest BCUT2D eigenvalue weighted by atomic mass is 16.3. The molecule has 2 aliphatic carbocycles. The second-order valence-electron chi connectivity index (χ2n) is 12.9. The fourth-order valence-electron chi connectivity index (χ4n) is 7.27. The fourth-order valence-corrected chi connectivity index (χ4v) is 7.27. The Hall–Kier alpha value is -1.55. The Kier molecular flexibility index (Phi) is 7.22. The Morgan fingerprint density at radius 3 is 2.14 bits per heavy atom. The molecular formula is C29H46N4O4. The Morgan fingerprint density at radius 1 is 0.973 bits per heavy atom. The van der Waals surface area contributed by atoms with Crippen LogP contribution in [-0.2, 0) is 10.3 Å². The zero-order valence-electron chi connectivity index (χ0n) is 22.9. The van der Waals surface area contributed by atoms with Crippen LogP contribution < -0.4 is 0 Å². The average molecular weight is 515 g/mol. The van der Waals surface area contributed by atoms with Gasteiger partial charge < -0.3 is 20.2 Å². The molecule has 1 amide bonds. The Morgan fingerprint density at radius 2 is 1.59 bits per heavy atom. The molecule has 1 unspecified atom stereocenters. The van der Waals surface area contributed by atoms with E-state index in [1.165, 1.54) is 5.56 Å². The highest BCUT2D eigenvalue weighted by Gasteiger charge is 2.57. The maximum Gasteiger partial charge on any atom is 0.236 e. The maximum atomic E-state index is 13.2. The number of amides is 1. The first-order valence-electron chi connectivity index (χ1n) is 14.1. The number of carbonyl (C=O) groups is 1. The van der Waals surface area contributed by atoms with Crippen molar-refractivity contribution in [2.45, 2.75) is 93.3 Å². The van der Waals surface area contributed by atoms with Crippen LogP contribution >= 0.6 is 0 Å². The first kappa shape index (κ1) is 27.0. The molecule has 2 heterocycles. The molecule has 8 nitrogen and oxygen atoms in total. The molecule has 2 aliphatic heterocycles. The Bertz CT molecular complexity index is 946. The van der Waals surface area contributed by atoms with Crippen molar-refractivity contribution in [2.75, 3.05) is 46.8 Å². The summed E-state index contributed by atoms with van der Waals surface area (Å²) in [4.78, 5) is 21.5. The molecule has 1 aromatic rings. The molecule has 0 radical (unpaired) electrons. The van der Waals surface area contributed by atoms with E-state index in [1.54, 1.807) is 0 Å². The maximum absolute atomic E-state index is 13.2. The van der Waals surface area contributed by atoms with Crippen molar-refractivity contribution in [3.05, 3.63) is 35.9 Å². The van der Waals surface area contributed by atoms with Crippen LogP contribution in [0.25, 0.3) is 0 Å². The SMILES string of the molecule is CN(C)[C@]1(c2ccccc2)CC[C@]2(CC1)CN(CC(=O)N1CCC(C)(O)CC1)C(O)N2CC1(O)CCC1. The van der Waals surface area contributed by atoms with Gasteiger partial charge in [0.1, 0.15) is 0 Å². The Balaban J connectivity index is 1.34. The third-order valence-electron chi connectivity index (χ3n) is 10.2. The number of hydrogen-bond acceptors (Lipinski definition) is 7. The minimum absolute atomic E-state index is 0.0108. The van der Waals surface area contributed by atoms with Crippen LogP contribution in [0.4, 0.5) is 0 Å². The second-order valence-corrected chi connectivity index (χ2v) is 12.9. The van der Waals surface area contributed by atoms with Gasteiger partial charge in [0.25, 0.3) is 0 Å². The molecule has 1 spiro atoms. The third-order valence-corrected chi connectivity index (χ3v) is 10.2. The molecule has 3 N–H and O–H groups in total. The number of carbonyl (C=O) groups excluding carboxylic acids is 1. The average Bonchev–Trinajstić information content (AvgIpc) is 3.09. The zero-order valence-corrected chi connectivity index (χ0v) is 22.9. The third kappa shape index (κ3) is 5.09. The van der Waals surface area contributed by atoms with Gasteiger partial charge in [-0.15, -0.1) is 0 Å². The number of likely N-dealkylation sites (tertiary alicyclic amines) is 1. The highest BCUT2D eigenvalue weighted by molar-refractivity contribution is 5.78. The lowest BCUT2D eigenvalue weighted by molar-refractivity contribution is -0.152. The number of benzene rings is 1. The molecule has 0 bridgehead atoms. The van der Waals surface area contributed by atoms with Crippen molar-refractivity contribution in [1.82, 2.24) is 19.6 Å². The summed E-state index contributed by atoms with van der Waals surface area (Å²) in [7, 11) is 4.31. The lowest BCUT2D eigenvalue weighted by atomic mass is 9.67. The van der Waals surface area contributed by atoms with E-state index >= 15 is 0 Å². The van der Waals surface area contributed by atoms with Crippen molar-refractivity contribution in [2.24, 2.45) is 0 Å². The van der Waals surface area contributed by atoms with Crippen molar-refractivity contribution < 1.29 is 20.1 Å². The van der Waals surface area contributed by atoms with Crippen molar-refractivity contribution >= 4 is 5.91 Å². The lowest BCUT2D eigenvalue weighted by Gasteiger charge is -2.53. The van der Waals surface area contributed by atoms with Gasteiger partial charge in [-0.05, 0) is 84.4 Å². The Labute approximate surface area is 221 Å². The molecule has 0 aromatic heterocycles. The molecule has 8 heteroatoms. The predicted molar refractivity (Wildman–Crippen MR) is 143 cm³/mol. The van der Waals surface area contributed by atoms with Crippen molar-refractivity contribution in [3.8, 4) is 0 Å². The number of aliphatic hydroxyl groups is 3. The van der Waals surface area contributed by atoms with Crippen LogP contribution in [-0.4, -0.2) is 111 Å². The number of nitrogens with zero attached hydrogens (tertiary/aromatic N) is 4. The molecule has 1 atom stereocenters. The van der Waals surface area contributed by atoms with Gasteiger partial charge in [0.2, 0.25) is 5.91 Å². The van der Waals surface area contributed by atoms with E-state index in [0.717, 1.165) is 44.9 Å². The predicted octanol–water partition coefficient (Wildman–Crippen LogP) is 1.94. The van der Waals surface area contributed by atoms with Crippen molar-refractivity contribution in [3.63, 3.8) is 0 Å². The summed E-state index contributed by atoms with van der Waals surface area (Å²) in [5, 5.41) is 32.9. The first-order valence-corrected chi connectivity index (χ1v) is 14.1. The topological polar surface area (TPSA) is 90.7 Å². The summed E-state index contributed by atoms with van der Waals surface area (Å²) >= 11 is 0. The van der Waals surface area contributed by atoms with Crippen LogP contribution in [0.2, 0.25) is 0 Å². The minimum Gasteiger partial charge on any atom is -0.390 e. The van der Waals surface area contributed by atoms with E-state index in [2.05, 4.69) is 54.2 Å². The monoisotopic (exact) mass is 514 g/mol. The molecule has 2 saturated carbocycles. The smallest absolute Gasteiger partial charge is 0.236 e. The molecule has 4 fully saturated rings. The van der Waals surface area contributed by atoms with Gasteiger partial charge in [0.15, 0.2) is 6.35 Å². The summed E-state index contributed by atoms with van der Waals surface area (Å²) in [6.45, 7) is 4.17. The van der Waals surface area contributed by atoms with Crippen LogP contribution in [0.3, 0.4) is 0 Å². The van der Waals surface area contributed by atoms with Gasteiger partial charge in [0, 0.05) is 37.3 Å². The van der Waals surface area contributed by atoms with Gasteiger partial charge in [-0.3, -0.25) is 19.5 Å². The standard InChI is InChI=1S/C29H46N4O4/c1-26(36)16-18-31(19-17-26)24(34)20-32-21-27(33(25(32)35)22-28(37)10-7-11-28)12-14-29(15-13-27,30(2)3)23-8-5-4-6-9-23/h4-6,8-9,25,35-37H,7,10-22H2,1-3H3/t25?,27-,29+. The first-order chi connectivity index (χ1) is 17.5. The van der Waals surface area contributed by atoms with Gasteiger partial charge >= 0.3 is 0 Å². The molecule has 5 rings (SSSR count). The molecule has 2 saturated heterocycles. The quantitative estimate of drug-likeness (QED) is 0.535. The summed E-state index contributed by atoms with van der Waals surface area (Å²) in [5.41, 5.74) is -0.467. The second kappa shape index (κ2) is 9.88. The lowest BCUT2D eigenvalue weighted by Crippen LogP contribution is -2.60. The molecule has 4 aliphatic rings. The summed E-state index contributed by atoms with van der Waals surface area (Å²) in [5.74, 6) is 0.0108. The largest absolute Gasteiger partial charge is 0.390 e. The van der Waals surface area contributed by atoms with E-state index in [0.29, 0.717) is 39.0 Å². The molecule has 1 aromatic carbocycles. The van der Waals surface area contributed by atoms with E-state index in [9.17, 15) is 20.1 Å². The van der Waals surface area contributed by atoms with E-state index in [4.69, 9.17) is 0 Å². The van der Waals surface area contributed by atoms with E-state index in [-0.39, 0.29) is 23.5 Å². The van der Waals surface area contributed by atoms with Gasteiger partial charge in [-0.1, -0.05) is 30.3 Å². The van der Waals surface area contributed by atoms with Gasteiger partial charge in [-0.2, -0.15) is 0 Å². The number of β-amino-alcohol motifs (C(OH)–C–C–N with tert-alkyl or cyclic N) is 1. The zero-order chi connectivity index (χ0) is 26.5. The number of hydrogen-bond donors (Lipinski definition) is 3.